The van der Waals surface area contributed by atoms with Gasteiger partial charge in [-0.2, -0.15) is 0 Å². The zero-order chi connectivity index (χ0) is 17.2. The molecule has 23 heavy (non-hydrogen) atoms. The van der Waals surface area contributed by atoms with E-state index in [4.69, 9.17) is 4.74 Å². The summed E-state index contributed by atoms with van der Waals surface area (Å²) in [7, 11) is 0. The second kappa shape index (κ2) is 10.3. The van der Waals surface area contributed by atoms with Gasteiger partial charge in [0.15, 0.2) is 0 Å². The van der Waals surface area contributed by atoms with Gasteiger partial charge in [0.2, 0.25) is 5.91 Å². The predicted molar refractivity (Wildman–Crippen MR) is 87.5 cm³/mol. The van der Waals surface area contributed by atoms with E-state index in [2.05, 4.69) is 5.32 Å². The number of nitrogens with zero attached hydrogens (tertiary/aromatic N) is 1. The summed E-state index contributed by atoms with van der Waals surface area (Å²) in [6, 6.07) is 6.48. The number of benzene rings is 1. The number of halogens is 1. The molecule has 1 unspecified atom stereocenters. The molecule has 0 saturated carbocycles. The van der Waals surface area contributed by atoms with Crippen molar-refractivity contribution in [2.45, 2.75) is 39.5 Å². The topological polar surface area (TPSA) is 61.8 Å². The van der Waals surface area contributed by atoms with E-state index in [9.17, 15) is 14.3 Å². The summed E-state index contributed by atoms with van der Waals surface area (Å²) in [6.45, 7) is 7.16. The summed E-state index contributed by atoms with van der Waals surface area (Å²) in [5, 5.41) is 12.8. The molecule has 5 nitrogen and oxygen atoms in total. The van der Waals surface area contributed by atoms with Gasteiger partial charge in [-0.3, -0.25) is 9.69 Å². The van der Waals surface area contributed by atoms with E-state index in [-0.39, 0.29) is 37.5 Å². The molecule has 0 spiro atoms. The maximum Gasteiger partial charge on any atom is 0.234 e. The van der Waals surface area contributed by atoms with E-state index in [0.29, 0.717) is 18.7 Å². The van der Waals surface area contributed by atoms with Gasteiger partial charge in [-0.1, -0.05) is 25.1 Å². The van der Waals surface area contributed by atoms with Crippen molar-refractivity contribution < 1.29 is 19.0 Å². The van der Waals surface area contributed by atoms with E-state index in [1.54, 1.807) is 18.2 Å². The van der Waals surface area contributed by atoms with Crippen LogP contribution >= 0.6 is 0 Å². The van der Waals surface area contributed by atoms with E-state index < -0.39 is 6.10 Å². The second-order valence-corrected chi connectivity index (χ2v) is 5.81. The van der Waals surface area contributed by atoms with Gasteiger partial charge in [-0.05, 0) is 26.5 Å². The van der Waals surface area contributed by atoms with Crippen LogP contribution in [0.15, 0.2) is 24.3 Å². The monoisotopic (exact) mass is 326 g/mol. The molecule has 0 aliphatic heterocycles. The highest BCUT2D eigenvalue weighted by molar-refractivity contribution is 5.78. The van der Waals surface area contributed by atoms with Crippen LogP contribution in [0, 0.1) is 5.82 Å². The maximum absolute atomic E-state index is 13.4. The first-order valence-electron chi connectivity index (χ1n) is 7.93. The van der Waals surface area contributed by atoms with Gasteiger partial charge in [0.25, 0.3) is 0 Å². The largest absolute Gasteiger partial charge is 0.389 e. The van der Waals surface area contributed by atoms with Crippen molar-refractivity contribution in [2.75, 3.05) is 26.2 Å². The zero-order valence-corrected chi connectivity index (χ0v) is 14.1. The SMILES string of the molecule is CCN(CC(=O)NC(C)C)CC(O)COCc1ccccc1F. The van der Waals surface area contributed by atoms with Gasteiger partial charge in [-0.25, -0.2) is 4.39 Å². The molecule has 0 saturated heterocycles. The summed E-state index contributed by atoms with van der Waals surface area (Å²) in [6.07, 6.45) is -0.728. The quantitative estimate of drug-likeness (QED) is 0.685. The third kappa shape index (κ3) is 8.06. The van der Waals surface area contributed by atoms with Crippen LogP contribution in [0.25, 0.3) is 0 Å². The van der Waals surface area contributed by atoms with E-state index in [1.807, 2.05) is 25.7 Å². The van der Waals surface area contributed by atoms with Gasteiger partial charge in [0.1, 0.15) is 5.82 Å². The third-order valence-electron chi connectivity index (χ3n) is 3.26. The Balaban J connectivity index is 2.32. The highest BCUT2D eigenvalue weighted by atomic mass is 19.1. The van der Waals surface area contributed by atoms with Crippen LogP contribution in [0.4, 0.5) is 4.39 Å². The van der Waals surface area contributed by atoms with Crippen LogP contribution in [0.1, 0.15) is 26.3 Å². The van der Waals surface area contributed by atoms with Gasteiger partial charge < -0.3 is 15.2 Å². The molecule has 1 atom stereocenters. The Hall–Kier alpha value is -1.50. The van der Waals surface area contributed by atoms with Crippen molar-refractivity contribution in [3.63, 3.8) is 0 Å². The molecule has 0 aromatic heterocycles. The number of likely N-dealkylation sites (N-methyl/N-ethyl adjacent to an activating group) is 1. The molecule has 0 aliphatic rings. The number of carbonyl (C=O) groups excluding carboxylic acids is 1. The van der Waals surface area contributed by atoms with Gasteiger partial charge in [-0.15, -0.1) is 0 Å². The Labute approximate surface area is 137 Å². The van der Waals surface area contributed by atoms with Crippen LogP contribution in [0.2, 0.25) is 0 Å². The molecule has 2 N–H and O–H groups in total. The van der Waals surface area contributed by atoms with Crippen molar-refractivity contribution in [3.05, 3.63) is 35.6 Å². The molecule has 6 heteroatoms. The number of rotatable bonds is 10. The minimum Gasteiger partial charge on any atom is -0.389 e. The van der Waals surface area contributed by atoms with Crippen molar-refractivity contribution in [3.8, 4) is 0 Å². The Morgan fingerprint density at radius 1 is 1.39 bits per heavy atom. The van der Waals surface area contributed by atoms with E-state index in [1.165, 1.54) is 6.07 Å². The fourth-order valence-electron chi connectivity index (χ4n) is 2.15. The maximum atomic E-state index is 13.4. The van der Waals surface area contributed by atoms with Crippen molar-refractivity contribution in [1.29, 1.82) is 0 Å². The summed E-state index contributed by atoms with van der Waals surface area (Å²) in [5.74, 6) is -0.385. The molecule has 1 amide bonds. The van der Waals surface area contributed by atoms with Crippen molar-refractivity contribution >= 4 is 5.91 Å². The van der Waals surface area contributed by atoms with Crippen LogP contribution in [0.3, 0.4) is 0 Å². The standard InChI is InChI=1S/C17H27FN2O3/c1-4-20(10-17(22)19-13(2)3)9-15(21)12-23-11-14-7-5-6-8-16(14)18/h5-8,13,15,21H,4,9-12H2,1-3H3,(H,19,22). The minimum absolute atomic E-state index is 0.0682. The first-order valence-corrected chi connectivity index (χ1v) is 7.93. The fourth-order valence-corrected chi connectivity index (χ4v) is 2.15. The predicted octanol–water partition coefficient (Wildman–Crippen LogP) is 1.55. The number of hydrogen-bond acceptors (Lipinski definition) is 4. The van der Waals surface area contributed by atoms with E-state index >= 15 is 0 Å². The van der Waals surface area contributed by atoms with Gasteiger partial charge >= 0.3 is 0 Å². The lowest BCUT2D eigenvalue weighted by molar-refractivity contribution is -0.123. The Bertz CT molecular complexity index is 483. The summed E-state index contributed by atoms with van der Waals surface area (Å²) < 4.78 is 18.8. The average Bonchev–Trinajstić information content (AvgIpc) is 2.47. The molecule has 0 radical (unpaired) electrons. The molecular formula is C17H27FN2O3. The number of aliphatic hydroxyl groups is 1. The smallest absolute Gasteiger partial charge is 0.234 e. The highest BCUT2D eigenvalue weighted by Gasteiger charge is 2.14. The number of hydrogen-bond donors (Lipinski definition) is 2. The summed E-state index contributed by atoms with van der Waals surface area (Å²) >= 11 is 0. The summed E-state index contributed by atoms with van der Waals surface area (Å²) in [5.41, 5.74) is 0.461. The van der Waals surface area contributed by atoms with Crippen LogP contribution in [-0.4, -0.2) is 54.3 Å². The number of nitrogens with one attached hydrogen (secondary N) is 1. The molecule has 0 aliphatic carbocycles. The van der Waals surface area contributed by atoms with Crippen LogP contribution in [-0.2, 0) is 16.1 Å². The lowest BCUT2D eigenvalue weighted by Gasteiger charge is -2.23. The van der Waals surface area contributed by atoms with Crippen LogP contribution < -0.4 is 5.32 Å². The van der Waals surface area contributed by atoms with Gasteiger partial charge in [0, 0.05) is 18.2 Å². The highest BCUT2D eigenvalue weighted by Crippen LogP contribution is 2.08. The van der Waals surface area contributed by atoms with Crippen molar-refractivity contribution in [1.82, 2.24) is 10.2 Å². The van der Waals surface area contributed by atoms with Crippen molar-refractivity contribution in [2.24, 2.45) is 0 Å². The lowest BCUT2D eigenvalue weighted by atomic mass is 10.2. The Kier molecular flexibility index (Phi) is 8.76. The first-order chi connectivity index (χ1) is 10.9. The molecule has 0 heterocycles. The minimum atomic E-state index is -0.728. The average molecular weight is 326 g/mol. The van der Waals surface area contributed by atoms with E-state index in [0.717, 1.165) is 0 Å². The zero-order valence-electron chi connectivity index (χ0n) is 14.1. The fraction of sp³-hybridized carbons (Fsp3) is 0.588. The molecule has 0 bridgehead atoms. The van der Waals surface area contributed by atoms with Gasteiger partial charge in [0.05, 0.1) is 25.9 Å². The Morgan fingerprint density at radius 3 is 2.70 bits per heavy atom. The molecule has 1 aromatic rings. The van der Waals surface area contributed by atoms with Crippen LogP contribution in [0.5, 0.6) is 0 Å². The molecule has 0 fully saturated rings. The number of carbonyl (C=O) groups is 1. The first kappa shape index (κ1) is 19.5. The number of amides is 1. The third-order valence-corrected chi connectivity index (χ3v) is 3.26. The molecule has 1 aromatic carbocycles. The number of ether oxygens (including phenoxy) is 1. The summed E-state index contributed by atoms with van der Waals surface area (Å²) in [4.78, 5) is 13.6. The Morgan fingerprint density at radius 2 is 2.09 bits per heavy atom. The second-order valence-electron chi connectivity index (χ2n) is 5.81. The molecule has 1 rings (SSSR count). The normalized spacial score (nSPS) is 12.7. The molecule has 130 valence electrons. The molecular weight excluding hydrogens is 299 g/mol. The number of aliphatic hydroxyl groups excluding tert-OH is 1. The lowest BCUT2D eigenvalue weighted by Crippen LogP contribution is -2.43.